The molecule has 0 unspecified atom stereocenters. The van der Waals surface area contributed by atoms with E-state index < -0.39 is 0 Å². The Labute approximate surface area is 105 Å². The van der Waals surface area contributed by atoms with E-state index in [1.54, 1.807) is 0 Å². The zero-order valence-corrected chi connectivity index (χ0v) is 12.4. The van der Waals surface area contributed by atoms with Crippen LogP contribution in [0.1, 0.15) is 0 Å². The van der Waals surface area contributed by atoms with E-state index in [1.807, 2.05) is 0 Å². The second-order valence-corrected chi connectivity index (χ2v) is 0. The molecule has 5 heteroatoms. The van der Waals surface area contributed by atoms with Crippen LogP contribution in [0.5, 0.6) is 0 Å². The van der Waals surface area contributed by atoms with Crippen LogP contribution in [0, 0.1) is 0 Å². The monoisotopic (exact) mass is 368 g/mol. The molecule has 0 fully saturated rings. The molecule has 0 bridgehead atoms. The Morgan fingerprint density at radius 2 is 0.600 bits per heavy atom. The van der Waals surface area contributed by atoms with E-state index in [1.165, 1.54) is 0 Å². The average Bonchev–Trinajstić information content (AvgIpc) is 0. The van der Waals surface area contributed by atoms with Gasteiger partial charge in [-0.1, -0.05) is 0 Å². The van der Waals surface area contributed by atoms with Crippen LogP contribution in [0.3, 0.4) is 0 Å². The Morgan fingerprint density at radius 1 is 0.600 bits per heavy atom. The molecule has 0 aliphatic rings. The predicted molar refractivity (Wildman–Crippen MR) is 16.6 cm³/mol. The molecule has 5 heavy (non-hydrogen) atoms. The van der Waals surface area contributed by atoms with Crippen LogP contribution in [0.15, 0.2) is 0 Å². The van der Waals surface area contributed by atoms with Gasteiger partial charge in [-0.2, -0.15) is 0 Å². The van der Waals surface area contributed by atoms with Crippen molar-refractivity contribution in [3.05, 3.63) is 0 Å². The molecule has 0 saturated carbocycles. The summed E-state index contributed by atoms with van der Waals surface area (Å²) in [4.78, 5) is 0. The maximum atomic E-state index is 0. The fraction of sp³-hybridized carbons (Fsp3) is 0. The SMILES string of the molecule is O.O.O.[Cs].[Ta]. The first-order valence-electron chi connectivity index (χ1n) is 0. The summed E-state index contributed by atoms with van der Waals surface area (Å²) in [5.41, 5.74) is 0. The van der Waals surface area contributed by atoms with Gasteiger partial charge in [0.2, 0.25) is 0 Å². The third-order valence-electron chi connectivity index (χ3n) is 0. The van der Waals surface area contributed by atoms with E-state index in [9.17, 15) is 0 Å². The van der Waals surface area contributed by atoms with Crippen molar-refractivity contribution in [3.63, 3.8) is 0 Å². The standard InChI is InChI=1S/Cs.3H2O.Ta/h;3*1H2;. The van der Waals surface area contributed by atoms with Crippen LogP contribution in [0.2, 0.25) is 0 Å². The van der Waals surface area contributed by atoms with E-state index in [0.29, 0.717) is 0 Å². The minimum absolute atomic E-state index is 0. The molecule has 0 aromatic heterocycles. The molecule has 0 rings (SSSR count). The van der Waals surface area contributed by atoms with Crippen molar-refractivity contribution in [2.24, 2.45) is 0 Å². The molecular weight excluding hydrogens is 362 g/mol. The van der Waals surface area contributed by atoms with Crippen LogP contribution < -0.4 is 0 Å². The molecule has 0 aliphatic carbocycles. The van der Waals surface area contributed by atoms with E-state index >= 15 is 0 Å². The Balaban J connectivity index is 0. The van der Waals surface area contributed by atoms with Gasteiger partial charge in [0, 0.05) is 91.3 Å². The zero-order chi connectivity index (χ0) is 0. The smallest absolute Gasteiger partial charge is 0 e. The van der Waals surface area contributed by atoms with Gasteiger partial charge in [-0.3, -0.25) is 0 Å². The molecule has 0 spiro atoms. The molecule has 0 heterocycles. The number of hydrogen-bond acceptors (Lipinski definition) is 0. The third-order valence-corrected chi connectivity index (χ3v) is 0. The summed E-state index contributed by atoms with van der Waals surface area (Å²) >= 11 is 0. The largest absolute Gasteiger partial charge is 0.412 e. The second kappa shape index (κ2) is 30.1. The molecule has 0 amide bonds. The molecule has 2 radical (unpaired) electrons. The van der Waals surface area contributed by atoms with E-state index in [4.69, 9.17) is 0 Å². The zero-order valence-electron chi connectivity index (χ0n) is 2.95. The van der Waals surface area contributed by atoms with Crippen molar-refractivity contribution >= 4 is 68.9 Å². The third kappa shape index (κ3) is 20.4. The fourth-order valence-electron chi connectivity index (χ4n) is 0. The normalized spacial score (nSPS) is 0. The van der Waals surface area contributed by atoms with E-state index in [-0.39, 0.29) is 108 Å². The summed E-state index contributed by atoms with van der Waals surface area (Å²) in [7, 11) is 0. The second-order valence-electron chi connectivity index (χ2n) is 0. The summed E-state index contributed by atoms with van der Waals surface area (Å²) in [6, 6.07) is 0. The van der Waals surface area contributed by atoms with Gasteiger partial charge in [0.1, 0.15) is 0 Å². The van der Waals surface area contributed by atoms with Gasteiger partial charge in [-0.05, 0) is 0 Å². The van der Waals surface area contributed by atoms with Crippen molar-refractivity contribution < 1.29 is 38.8 Å². The van der Waals surface area contributed by atoms with Crippen LogP contribution in [0.4, 0.5) is 0 Å². The van der Waals surface area contributed by atoms with Crippen molar-refractivity contribution in [3.8, 4) is 0 Å². The van der Waals surface area contributed by atoms with Gasteiger partial charge >= 0.3 is 0 Å². The summed E-state index contributed by atoms with van der Waals surface area (Å²) < 4.78 is 0. The molecule has 6 N–H and O–H groups in total. The molecule has 0 aliphatic heterocycles. The van der Waals surface area contributed by atoms with Crippen molar-refractivity contribution in [2.75, 3.05) is 0 Å². The quantitative estimate of drug-likeness (QED) is 0.440. The Hall–Kier alpha value is 2.67. The molecule has 3 nitrogen and oxygen atoms in total. The first-order chi connectivity index (χ1) is 0. The van der Waals surface area contributed by atoms with Crippen LogP contribution in [0.25, 0.3) is 0 Å². The summed E-state index contributed by atoms with van der Waals surface area (Å²) in [6.45, 7) is 0. The Morgan fingerprint density at radius 3 is 0.600 bits per heavy atom. The average molecular weight is 368 g/mol. The summed E-state index contributed by atoms with van der Waals surface area (Å²) in [5, 5.41) is 0. The number of hydrogen-bond donors (Lipinski definition) is 0. The van der Waals surface area contributed by atoms with Gasteiger partial charge in [0.15, 0.2) is 0 Å². The van der Waals surface area contributed by atoms with Gasteiger partial charge in [0.05, 0.1) is 0 Å². The van der Waals surface area contributed by atoms with Crippen molar-refractivity contribution in [1.82, 2.24) is 0 Å². The minimum Gasteiger partial charge on any atom is -0.412 e. The predicted octanol–water partition coefficient (Wildman–Crippen LogP) is -2.86. The van der Waals surface area contributed by atoms with Crippen molar-refractivity contribution in [1.29, 1.82) is 0 Å². The Kier molecular flexibility index (Phi) is 288. The van der Waals surface area contributed by atoms with Gasteiger partial charge in [-0.25, -0.2) is 0 Å². The molecular formula is H6CsO3Ta. The maximum absolute atomic E-state index is 0. The van der Waals surface area contributed by atoms with Crippen LogP contribution in [-0.2, 0) is 22.4 Å². The maximum Gasteiger partial charge on any atom is 0 e. The summed E-state index contributed by atoms with van der Waals surface area (Å²) in [5.74, 6) is 0. The van der Waals surface area contributed by atoms with Crippen LogP contribution in [-0.4, -0.2) is 85.3 Å². The first-order valence-corrected chi connectivity index (χ1v) is 0. The molecule has 0 saturated heterocycles. The van der Waals surface area contributed by atoms with Crippen LogP contribution >= 0.6 is 0 Å². The first kappa shape index (κ1) is 47.8. The minimum atomic E-state index is 0. The molecule has 0 aromatic carbocycles. The van der Waals surface area contributed by atoms with Gasteiger partial charge in [0.25, 0.3) is 0 Å². The fourth-order valence-corrected chi connectivity index (χ4v) is 0. The van der Waals surface area contributed by atoms with Crippen molar-refractivity contribution in [2.45, 2.75) is 0 Å². The number of rotatable bonds is 0. The Bertz CT molecular complexity index is 6.85. The van der Waals surface area contributed by atoms with E-state index in [2.05, 4.69) is 0 Å². The molecule has 0 atom stereocenters. The molecule has 0 aromatic rings. The topological polar surface area (TPSA) is 94.5 Å². The summed E-state index contributed by atoms with van der Waals surface area (Å²) in [6.07, 6.45) is 0. The van der Waals surface area contributed by atoms with E-state index in [0.717, 1.165) is 0 Å². The molecule has 30 valence electrons. The van der Waals surface area contributed by atoms with Gasteiger partial charge < -0.3 is 16.4 Å². The van der Waals surface area contributed by atoms with Gasteiger partial charge in [-0.15, -0.1) is 0 Å².